The predicted octanol–water partition coefficient (Wildman–Crippen LogP) is 3.90. The zero-order valence-electron chi connectivity index (χ0n) is 19.5. The monoisotopic (exact) mass is 459 g/mol. The Bertz CT molecular complexity index is 1520. The Hall–Kier alpha value is -3.68. The van der Waals surface area contributed by atoms with Crippen LogP contribution in [0.15, 0.2) is 47.8 Å². The lowest BCUT2D eigenvalue weighted by atomic mass is 10.0. The molecule has 1 aromatic carbocycles. The van der Waals surface area contributed by atoms with Crippen LogP contribution in [0.2, 0.25) is 0 Å². The van der Waals surface area contributed by atoms with Crippen LogP contribution in [-0.2, 0) is 20.1 Å². The molecule has 0 N–H and O–H groups in total. The van der Waals surface area contributed by atoms with Gasteiger partial charge in [0.15, 0.2) is 0 Å². The third-order valence-corrected chi connectivity index (χ3v) is 7.15. The average Bonchev–Trinajstić information content (AvgIpc) is 3.49. The summed E-state index contributed by atoms with van der Waals surface area (Å²) in [5.74, 6) is -0.0201. The molecule has 3 aromatic heterocycles. The number of benzene rings is 1. The molecular weight excluding hydrogens is 433 g/mol. The first-order valence-corrected chi connectivity index (χ1v) is 11.6. The number of amides is 1. The number of rotatable bonds is 4. The molecule has 1 aliphatic carbocycles. The third-order valence-electron chi connectivity index (χ3n) is 7.15. The fourth-order valence-corrected chi connectivity index (χ4v) is 5.14. The second-order valence-corrected chi connectivity index (χ2v) is 9.65. The quantitative estimate of drug-likeness (QED) is 0.465. The molecule has 0 radical (unpaired) electrons. The zero-order chi connectivity index (χ0) is 23.7. The molecule has 0 bridgehead atoms. The summed E-state index contributed by atoms with van der Waals surface area (Å²) in [5.41, 5.74) is 4.06. The summed E-state index contributed by atoms with van der Waals surface area (Å²) >= 11 is 0. The van der Waals surface area contributed by atoms with E-state index in [1.54, 1.807) is 39.9 Å². The Morgan fingerprint density at radius 2 is 1.94 bits per heavy atom. The molecule has 1 amide bonds. The van der Waals surface area contributed by atoms with Crippen LogP contribution < -0.4 is 5.56 Å². The number of pyridine rings is 1. The lowest BCUT2D eigenvalue weighted by Gasteiger charge is -2.35. The summed E-state index contributed by atoms with van der Waals surface area (Å²) in [5, 5.41) is 0.986. The first-order chi connectivity index (χ1) is 16.3. The molecule has 4 aromatic rings. The van der Waals surface area contributed by atoms with E-state index in [2.05, 4.69) is 4.98 Å². The number of carbonyl (C=O) groups is 1. The van der Waals surface area contributed by atoms with E-state index >= 15 is 0 Å². The zero-order valence-corrected chi connectivity index (χ0v) is 19.5. The van der Waals surface area contributed by atoms with Crippen molar-refractivity contribution in [2.24, 2.45) is 7.05 Å². The van der Waals surface area contributed by atoms with Gasteiger partial charge in [0.2, 0.25) is 0 Å². The Labute approximate surface area is 196 Å². The second kappa shape index (κ2) is 7.41. The molecule has 34 heavy (non-hydrogen) atoms. The molecule has 1 unspecified atom stereocenters. The smallest absolute Gasteiger partial charge is 0.275 e. The van der Waals surface area contributed by atoms with Crippen LogP contribution >= 0.6 is 0 Å². The molecule has 4 heterocycles. The normalized spacial score (nSPS) is 18.1. The van der Waals surface area contributed by atoms with Gasteiger partial charge in [0.05, 0.1) is 17.5 Å². The standard InChI is InChI=1S/C26H26FN5O2/c1-15-10-30(14-28-15)22-6-7-23-26(34)31(16(2)11-32(23)25(22)33)13-18-12-29(3)24-9-21(27)19(8-20(18)24)17-4-5-17/h6-10,12,14,16-17H,4-5,11,13H2,1-3H3. The number of aromatic nitrogens is 4. The lowest BCUT2D eigenvalue weighted by molar-refractivity contribution is 0.0591. The molecule has 7 nitrogen and oxygen atoms in total. The van der Waals surface area contributed by atoms with Crippen LogP contribution in [0.5, 0.6) is 0 Å². The Morgan fingerprint density at radius 1 is 1.15 bits per heavy atom. The van der Waals surface area contributed by atoms with Crippen LogP contribution in [0.3, 0.4) is 0 Å². The molecular formula is C26H26FN5O2. The predicted molar refractivity (Wildman–Crippen MR) is 127 cm³/mol. The van der Waals surface area contributed by atoms with Gasteiger partial charge in [0, 0.05) is 44.0 Å². The summed E-state index contributed by atoms with van der Waals surface area (Å²) in [7, 11) is 1.90. The molecule has 1 atom stereocenters. The number of nitrogens with zero attached hydrogens (tertiary/aromatic N) is 5. The van der Waals surface area contributed by atoms with E-state index in [0.717, 1.165) is 40.6 Å². The van der Waals surface area contributed by atoms with E-state index in [1.807, 2.05) is 42.6 Å². The van der Waals surface area contributed by atoms with Crippen molar-refractivity contribution in [3.05, 3.63) is 81.7 Å². The number of fused-ring (bicyclic) bond motifs is 2. The van der Waals surface area contributed by atoms with Crippen LogP contribution in [0, 0.1) is 12.7 Å². The van der Waals surface area contributed by atoms with Crippen molar-refractivity contribution >= 4 is 16.8 Å². The summed E-state index contributed by atoms with van der Waals surface area (Å²) in [4.78, 5) is 32.7. The van der Waals surface area contributed by atoms with Gasteiger partial charge in [0.1, 0.15) is 17.2 Å². The van der Waals surface area contributed by atoms with E-state index in [1.165, 1.54) is 0 Å². The number of imidazole rings is 1. The number of halogens is 1. The fourth-order valence-electron chi connectivity index (χ4n) is 5.14. The summed E-state index contributed by atoms with van der Waals surface area (Å²) in [6, 6.07) is 6.81. The van der Waals surface area contributed by atoms with Crippen molar-refractivity contribution in [3.8, 4) is 5.69 Å². The maximum absolute atomic E-state index is 14.6. The van der Waals surface area contributed by atoms with Crippen molar-refractivity contribution in [1.29, 1.82) is 0 Å². The summed E-state index contributed by atoms with van der Waals surface area (Å²) < 4.78 is 19.8. The van der Waals surface area contributed by atoms with Gasteiger partial charge in [-0.05, 0) is 68.0 Å². The van der Waals surface area contributed by atoms with Gasteiger partial charge in [-0.25, -0.2) is 9.37 Å². The van der Waals surface area contributed by atoms with Crippen molar-refractivity contribution in [1.82, 2.24) is 23.6 Å². The first kappa shape index (κ1) is 20.9. The van der Waals surface area contributed by atoms with E-state index in [9.17, 15) is 14.0 Å². The van der Waals surface area contributed by atoms with Gasteiger partial charge >= 0.3 is 0 Å². The topological polar surface area (TPSA) is 65.1 Å². The molecule has 2 aliphatic rings. The lowest BCUT2D eigenvalue weighted by Crippen LogP contribution is -2.49. The van der Waals surface area contributed by atoms with E-state index in [4.69, 9.17) is 0 Å². The second-order valence-electron chi connectivity index (χ2n) is 9.65. The summed E-state index contributed by atoms with van der Waals surface area (Å²) in [6.07, 6.45) is 7.44. The highest BCUT2D eigenvalue weighted by Crippen LogP contribution is 2.43. The fraction of sp³-hybridized carbons (Fsp3) is 0.346. The number of hydrogen-bond acceptors (Lipinski definition) is 3. The number of aryl methyl sites for hydroxylation is 2. The van der Waals surface area contributed by atoms with Crippen molar-refractivity contribution in [2.75, 3.05) is 0 Å². The Kier molecular flexibility index (Phi) is 4.56. The van der Waals surface area contributed by atoms with E-state index in [-0.39, 0.29) is 23.3 Å². The third kappa shape index (κ3) is 3.20. The number of hydrogen-bond donors (Lipinski definition) is 0. The first-order valence-electron chi connectivity index (χ1n) is 11.6. The minimum Gasteiger partial charge on any atom is -0.350 e. The van der Waals surface area contributed by atoms with Crippen LogP contribution in [0.1, 0.15) is 53.0 Å². The highest BCUT2D eigenvalue weighted by atomic mass is 19.1. The van der Waals surface area contributed by atoms with Gasteiger partial charge < -0.3 is 18.6 Å². The van der Waals surface area contributed by atoms with Gasteiger partial charge in [-0.3, -0.25) is 9.59 Å². The van der Waals surface area contributed by atoms with Gasteiger partial charge in [-0.2, -0.15) is 0 Å². The molecule has 1 fully saturated rings. The molecule has 1 saturated carbocycles. The van der Waals surface area contributed by atoms with Crippen molar-refractivity contribution < 1.29 is 9.18 Å². The van der Waals surface area contributed by atoms with Crippen LogP contribution in [0.25, 0.3) is 16.6 Å². The summed E-state index contributed by atoms with van der Waals surface area (Å²) in [6.45, 7) is 4.64. The number of carbonyl (C=O) groups excluding carboxylic acids is 1. The van der Waals surface area contributed by atoms with Gasteiger partial charge in [-0.1, -0.05) is 0 Å². The molecule has 8 heteroatoms. The van der Waals surface area contributed by atoms with Crippen LogP contribution in [0.4, 0.5) is 4.39 Å². The largest absolute Gasteiger partial charge is 0.350 e. The molecule has 0 saturated heterocycles. The minimum atomic E-state index is -0.204. The maximum Gasteiger partial charge on any atom is 0.275 e. The van der Waals surface area contributed by atoms with Crippen molar-refractivity contribution in [3.63, 3.8) is 0 Å². The molecule has 174 valence electrons. The molecule has 0 spiro atoms. The van der Waals surface area contributed by atoms with Crippen LogP contribution in [-0.4, -0.2) is 35.5 Å². The van der Waals surface area contributed by atoms with E-state index in [0.29, 0.717) is 30.4 Å². The van der Waals surface area contributed by atoms with Gasteiger partial charge in [-0.15, -0.1) is 0 Å². The maximum atomic E-state index is 14.6. The highest BCUT2D eigenvalue weighted by Gasteiger charge is 2.32. The van der Waals surface area contributed by atoms with E-state index < -0.39 is 0 Å². The Morgan fingerprint density at radius 3 is 2.65 bits per heavy atom. The van der Waals surface area contributed by atoms with Crippen molar-refractivity contribution in [2.45, 2.75) is 51.7 Å². The Balaban J connectivity index is 1.37. The highest BCUT2D eigenvalue weighted by molar-refractivity contribution is 5.94. The van der Waals surface area contributed by atoms with Gasteiger partial charge in [0.25, 0.3) is 11.5 Å². The SMILES string of the molecule is Cc1cn(-c2ccc3n(c2=O)CC(C)N(Cc2cn(C)c4cc(F)c(C5CC5)cc24)C3=O)cn1. The minimum absolute atomic E-state index is 0.151. The average molecular weight is 460 g/mol. The molecule has 1 aliphatic heterocycles. The molecule has 6 rings (SSSR count).